The average Bonchev–Trinajstić information content (AvgIpc) is 3.27. The monoisotopic (exact) mass is 401 g/mol. The average molecular weight is 402 g/mol. The van der Waals surface area contributed by atoms with Crippen LogP contribution in [0.2, 0.25) is 0 Å². The molecule has 6 nitrogen and oxygen atoms in total. The zero-order valence-electron chi connectivity index (χ0n) is 16.9. The van der Waals surface area contributed by atoms with E-state index >= 15 is 0 Å². The summed E-state index contributed by atoms with van der Waals surface area (Å²) in [7, 11) is 1.82. The van der Waals surface area contributed by atoms with Crippen LogP contribution in [0.5, 0.6) is 5.88 Å². The van der Waals surface area contributed by atoms with Crippen molar-refractivity contribution in [1.29, 1.82) is 0 Å². The molecule has 0 spiro atoms. The Balaban J connectivity index is 1.47. The van der Waals surface area contributed by atoms with Gasteiger partial charge in [-0.15, -0.1) is 11.3 Å². The number of thiophene rings is 1. The minimum absolute atomic E-state index is 0.441. The van der Waals surface area contributed by atoms with Crippen LogP contribution >= 0.6 is 11.3 Å². The number of aliphatic imine (C=N–C) groups is 1. The van der Waals surface area contributed by atoms with Crippen molar-refractivity contribution in [3.05, 3.63) is 41.4 Å². The second-order valence-corrected chi connectivity index (χ2v) is 7.88. The third kappa shape index (κ3) is 5.86. The van der Waals surface area contributed by atoms with Crippen molar-refractivity contribution >= 4 is 22.3 Å². The highest BCUT2D eigenvalue weighted by atomic mass is 32.1. The molecule has 1 aliphatic heterocycles. The molecule has 0 unspecified atom stereocenters. The lowest BCUT2D eigenvalue weighted by Crippen LogP contribution is -2.48. The number of anilines is 1. The Hall–Kier alpha value is -2.28. The molecule has 1 fully saturated rings. The van der Waals surface area contributed by atoms with Gasteiger partial charge in [0, 0.05) is 44.5 Å². The molecule has 0 aliphatic carbocycles. The number of hydrogen-bond acceptors (Lipinski definition) is 5. The zero-order chi connectivity index (χ0) is 19.6. The Morgan fingerprint density at radius 1 is 1.32 bits per heavy atom. The van der Waals surface area contributed by atoms with Crippen LogP contribution in [0.1, 0.15) is 38.2 Å². The Morgan fingerprint density at radius 2 is 2.18 bits per heavy atom. The van der Waals surface area contributed by atoms with Crippen molar-refractivity contribution in [2.75, 3.05) is 31.6 Å². The lowest BCUT2D eigenvalue weighted by Gasteiger charge is -2.33. The molecule has 2 aromatic heterocycles. The van der Waals surface area contributed by atoms with Crippen molar-refractivity contribution in [3.8, 4) is 5.88 Å². The number of ether oxygens (including phenoxy) is 1. The van der Waals surface area contributed by atoms with Crippen molar-refractivity contribution in [1.82, 2.24) is 15.6 Å². The highest BCUT2D eigenvalue weighted by Gasteiger charge is 2.20. The van der Waals surface area contributed by atoms with Crippen LogP contribution in [-0.2, 0) is 6.54 Å². The second kappa shape index (κ2) is 10.9. The summed E-state index contributed by atoms with van der Waals surface area (Å²) in [5.74, 6) is 1.54. The molecule has 3 rings (SSSR count). The maximum absolute atomic E-state index is 5.82. The quantitative estimate of drug-likeness (QED) is 0.402. The molecule has 7 heteroatoms. The van der Waals surface area contributed by atoms with Gasteiger partial charge in [-0.25, -0.2) is 4.98 Å². The van der Waals surface area contributed by atoms with Crippen LogP contribution in [0.15, 0.2) is 40.8 Å². The molecule has 1 aliphatic rings. The number of hydrogen-bond donors (Lipinski definition) is 2. The predicted molar refractivity (Wildman–Crippen MR) is 118 cm³/mol. The number of piperidine rings is 1. The lowest BCUT2D eigenvalue weighted by atomic mass is 10.1. The Bertz CT molecular complexity index is 726. The smallest absolute Gasteiger partial charge is 0.218 e. The van der Waals surface area contributed by atoms with Crippen LogP contribution in [0, 0.1) is 0 Å². The van der Waals surface area contributed by atoms with E-state index in [2.05, 4.69) is 49.9 Å². The van der Waals surface area contributed by atoms with Gasteiger partial charge in [0.1, 0.15) is 0 Å². The summed E-state index contributed by atoms with van der Waals surface area (Å²) in [6.45, 7) is 5.66. The summed E-state index contributed by atoms with van der Waals surface area (Å²) in [6, 6.07) is 8.76. The minimum Gasteiger partial charge on any atom is -0.477 e. The van der Waals surface area contributed by atoms with Crippen LogP contribution < -0.4 is 20.3 Å². The lowest BCUT2D eigenvalue weighted by molar-refractivity contribution is 0.294. The van der Waals surface area contributed by atoms with E-state index in [1.807, 2.05) is 30.5 Å². The van der Waals surface area contributed by atoms with Crippen molar-refractivity contribution in [3.63, 3.8) is 0 Å². The fraction of sp³-hybridized carbons (Fsp3) is 0.524. The van der Waals surface area contributed by atoms with E-state index in [1.165, 1.54) is 5.00 Å². The fourth-order valence-corrected chi connectivity index (χ4v) is 4.05. The standard InChI is InChI=1S/C21H31N5OS/c1-3-4-14-27-20-17(7-5-11-23-20)16-24-21(22-2)25-18-9-12-26(13-10-18)19-8-6-15-28-19/h5-8,11,15,18H,3-4,9-10,12-14,16H2,1-2H3,(H2,22,24,25). The maximum atomic E-state index is 5.82. The van der Waals surface area contributed by atoms with Gasteiger partial charge in [0.15, 0.2) is 5.96 Å². The Kier molecular flexibility index (Phi) is 7.96. The maximum Gasteiger partial charge on any atom is 0.218 e. The van der Waals surface area contributed by atoms with Gasteiger partial charge in [0.05, 0.1) is 11.6 Å². The molecular formula is C21H31N5OS. The van der Waals surface area contributed by atoms with Crippen LogP contribution in [0.4, 0.5) is 5.00 Å². The Labute approximate surface area is 172 Å². The zero-order valence-corrected chi connectivity index (χ0v) is 17.7. The molecule has 2 N–H and O–H groups in total. The first-order chi connectivity index (χ1) is 13.8. The first-order valence-electron chi connectivity index (χ1n) is 10.1. The molecule has 0 aromatic carbocycles. The second-order valence-electron chi connectivity index (χ2n) is 6.95. The third-order valence-corrected chi connectivity index (χ3v) is 5.84. The van der Waals surface area contributed by atoms with Crippen LogP contribution in [0.3, 0.4) is 0 Å². The SMILES string of the molecule is CCCCOc1ncccc1CNC(=NC)NC1CCN(c2cccs2)CC1. The summed E-state index contributed by atoms with van der Waals surface area (Å²) in [5, 5.41) is 10.5. The van der Waals surface area contributed by atoms with E-state index in [-0.39, 0.29) is 0 Å². The van der Waals surface area contributed by atoms with E-state index in [1.54, 1.807) is 6.20 Å². The molecule has 0 bridgehead atoms. The van der Waals surface area contributed by atoms with Gasteiger partial charge >= 0.3 is 0 Å². The van der Waals surface area contributed by atoms with E-state index < -0.39 is 0 Å². The topological polar surface area (TPSA) is 61.8 Å². The summed E-state index contributed by atoms with van der Waals surface area (Å²) < 4.78 is 5.82. The van der Waals surface area contributed by atoms with Gasteiger partial charge in [0.25, 0.3) is 0 Å². The number of aromatic nitrogens is 1. The normalized spacial score (nSPS) is 15.5. The van der Waals surface area contributed by atoms with Crippen molar-refractivity contribution in [2.45, 2.75) is 45.2 Å². The molecule has 0 saturated carbocycles. The molecule has 2 aromatic rings. The summed E-state index contributed by atoms with van der Waals surface area (Å²) in [5.41, 5.74) is 1.05. The van der Waals surface area contributed by atoms with E-state index in [9.17, 15) is 0 Å². The van der Waals surface area contributed by atoms with Gasteiger partial charge < -0.3 is 20.3 Å². The molecule has 28 heavy (non-hydrogen) atoms. The number of guanidine groups is 1. The van der Waals surface area contributed by atoms with Crippen LogP contribution in [-0.4, -0.2) is 43.7 Å². The molecule has 0 amide bonds. The molecule has 152 valence electrons. The van der Waals surface area contributed by atoms with Crippen LogP contribution in [0.25, 0.3) is 0 Å². The first kappa shape index (κ1) is 20.5. The summed E-state index contributed by atoms with van der Waals surface area (Å²) in [4.78, 5) is 11.2. The Morgan fingerprint density at radius 3 is 2.89 bits per heavy atom. The minimum atomic E-state index is 0.441. The van der Waals surface area contributed by atoms with E-state index in [0.29, 0.717) is 25.1 Å². The van der Waals surface area contributed by atoms with Crippen molar-refractivity contribution < 1.29 is 4.74 Å². The molecule has 3 heterocycles. The van der Waals surface area contributed by atoms with Crippen molar-refractivity contribution in [2.24, 2.45) is 4.99 Å². The number of nitrogens with zero attached hydrogens (tertiary/aromatic N) is 3. The highest BCUT2D eigenvalue weighted by Crippen LogP contribution is 2.24. The number of pyridine rings is 1. The molecular weight excluding hydrogens is 370 g/mol. The molecule has 1 saturated heterocycles. The third-order valence-electron chi connectivity index (χ3n) is 4.91. The van der Waals surface area contributed by atoms with Gasteiger partial charge in [-0.3, -0.25) is 4.99 Å². The van der Waals surface area contributed by atoms with E-state index in [4.69, 9.17) is 4.74 Å². The number of rotatable bonds is 8. The van der Waals surface area contributed by atoms with E-state index in [0.717, 1.165) is 50.3 Å². The predicted octanol–water partition coefficient (Wildman–Crippen LogP) is 3.66. The van der Waals surface area contributed by atoms with Gasteiger partial charge in [-0.1, -0.05) is 19.4 Å². The first-order valence-corrected chi connectivity index (χ1v) is 11.0. The van der Waals surface area contributed by atoms with Gasteiger partial charge in [0.2, 0.25) is 5.88 Å². The summed E-state index contributed by atoms with van der Waals surface area (Å²) >= 11 is 1.81. The summed E-state index contributed by atoms with van der Waals surface area (Å²) in [6.07, 6.45) is 6.14. The number of nitrogens with one attached hydrogen (secondary N) is 2. The van der Waals surface area contributed by atoms with Gasteiger partial charge in [-0.05, 0) is 42.8 Å². The largest absolute Gasteiger partial charge is 0.477 e. The number of unbranched alkanes of at least 4 members (excludes halogenated alkanes) is 1. The van der Waals surface area contributed by atoms with Gasteiger partial charge in [-0.2, -0.15) is 0 Å². The molecule has 0 radical (unpaired) electrons. The highest BCUT2D eigenvalue weighted by molar-refractivity contribution is 7.14. The fourth-order valence-electron chi connectivity index (χ4n) is 3.26. The molecule has 0 atom stereocenters.